The highest BCUT2D eigenvalue weighted by Crippen LogP contribution is 2.50. The standard InChI is InChI=1S/C19H18N2O.ClH/c1-2-4-12(5-3-1)6-18-21-11-16-17(22-18)8-15-13-7-14(19(15)16)10-20-9-13;/h1-5,8,11,13-14,20H,6-7,9-10H2;1H. The number of hydrogen-bond donors (Lipinski definition) is 1. The van der Waals surface area contributed by atoms with Crippen molar-refractivity contribution in [2.24, 2.45) is 0 Å². The van der Waals surface area contributed by atoms with E-state index >= 15 is 0 Å². The van der Waals surface area contributed by atoms with Crippen LogP contribution in [0.3, 0.4) is 0 Å². The van der Waals surface area contributed by atoms with Crippen LogP contribution in [0.2, 0.25) is 0 Å². The van der Waals surface area contributed by atoms with E-state index in [2.05, 4.69) is 40.6 Å². The Hall–Kier alpha value is -1.84. The summed E-state index contributed by atoms with van der Waals surface area (Å²) < 4.78 is 6.10. The van der Waals surface area contributed by atoms with Crippen molar-refractivity contribution in [3.8, 4) is 11.3 Å². The maximum absolute atomic E-state index is 6.10. The lowest BCUT2D eigenvalue weighted by atomic mass is 9.95. The molecular formula is C19H19ClN2O. The molecule has 4 aliphatic rings. The first-order valence-corrected chi connectivity index (χ1v) is 8.04. The Morgan fingerprint density at radius 3 is 2.83 bits per heavy atom. The molecule has 118 valence electrons. The Morgan fingerprint density at radius 2 is 1.96 bits per heavy atom. The summed E-state index contributed by atoms with van der Waals surface area (Å²) in [6, 6.07) is 12.6. The number of piperidine rings is 1. The van der Waals surface area contributed by atoms with Crippen molar-refractivity contribution in [3.63, 3.8) is 0 Å². The van der Waals surface area contributed by atoms with Crippen LogP contribution in [-0.4, -0.2) is 18.1 Å². The molecule has 2 aliphatic heterocycles. The van der Waals surface area contributed by atoms with E-state index in [1.165, 1.54) is 28.7 Å². The summed E-state index contributed by atoms with van der Waals surface area (Å²) in [5.74, 6) is 3.12. The fourth-order valence-electron chi connectivity index (χ4n) is 4.14. The van der Waals surface area contributed by atoms with Crippen LogP contribution in [0.4, 0.5) is 0 Å². The second-order valence-electron chi connectivity index (χ2n) is 6.50. The van der Waals surface area contributed by atoms with E-state index in [-0.39, 0.29) is 12.4 Å². The maximum atomic E-state index is 6.10. The molecule has 1 aromatic carbocycles. The smallest absolute Gasteiger partial charge is 0.199 e. The third kappa shape index (κ3) is 2.35. The number of halogens is 1. The van der Waals surface area contributed by atoms with Crippen molar-refractivity contribution >= 4 is 12.4 Å². The number of aromatic nitrogens is 1. The second kappa shape index (κ2) is 5.66. The number of hydrogen-bond acceptors (Lipinski definition) is 3. The highest BCUT2D eigenvalue weighted by Gasteiger charge is 2.38. The van der Waals surface area contributed by atoms with E-state index < -0.39 is 0 Å². The largest absolute Gasteiger partial charge is 0.442 e. The van der Waals surface area contributed by atoms with Crippen LogP contribution in [-0.2, 0) is 6.42 Å². The molecule has 5 rings (SSSR count). The molecule has 0 amide bonds. The van der Waals surface area contributed by atoms with Crippen molar-refractivity contribution < 1.29 is 4.42 Å². The van der Waals surface area contributed by atoms with Crippen molar-refractivity contribution in [1.29, 1.82) is 0 Å². The molecule has 0 saturated carbocycles. The highest BCUT2D eigenvalue weighted by atomic mass is 35.5. The first kappa shape index (κ1) is 14.7. The molecule has 1 N–H and O–H groups in total. The third-order valence-corrected chi connectivity index (χ3v) is 5.12. The van der Waals surface area contributed by atoms with E-state index in [0.717, 1.165) is 31.2 Å². The van der Waals surface area contributed by atoms with Crippen molar-refractivity contribution in [1.82, 2.24) is 10.3 Å². The molecule has 1 fully saturated rings. The Kier molecular flexibility index (Phi) is 3.63. The van der Waals surface area contributed by atoms with E-state index in [1.807, 2.05) is 12.3 Å². The SMILES string of the molecule is Cl.c1ccc(Cc2ncc3c4c(cc-3o2)C2CNCC4C2)cc1. The van der Waals surface area contributed by atoms with Gasteiger partial charge < -0.3 is 9.73 Å². The lowest BCUT2D eigenvalue weighted by molar-refractivity contribution is 0.448. The summed E-state index contributed by atoms with van der Waals surface area (Å²) in [7, 11) is 0. The van der Waals surface area contributed by atoms with Gasteiger partial charge in [-0.2, -0.15) is 0 Å². The second-order valence-corrected chi connectivity index (χ2v) is 6.50. The Labute approximate surface area is 141 Å². The van der Waals surface area contributed by atoms with Gasteiger partial charge in [-0.05, 0) is 41.0 Å². The van der Waals surface area contributed by atoms with Gasteiger partial charge in [-0.1, -0.05) is 30.3 Å². The van der Waals surface area contributed by atoms with Gasteiger partial charge >= 0.3 is 0 Å². The van der Waals surface area contributed by atoms with Gasteiger partial charge in [0.15, 0.2) is 5.89 Å². The number of nitrogens with one attached hydrogen (secondary N) is 1. The number of fused-ring (bicyclic) bond motifs is 7. The molecular weight excluding hydrogens is 308 g/mol. The zero-order valence-electron chi connectivity index (χ0n) is 12.8. The zero-order chi connectivity index (χ0) is 14.5. The molecule has 2 atom stereocenters. The van der Waals surface area contributed by atoms with Crippen LogP contribution >= 0.6 is 12.4 Å². The minimum absolute atomic E-state index is 0. The van der Waals surface area contributed by atoms with E-state index in [1.54, 1.807) is 0 Å². The Balaban J connectivity index is 0.00000135. The molecule has 2 bridgehead atoms. The fourth-order valence-corrected chi connectivity index (χ4v) is 4.14. The van der Waals surface area contributed by atoms with Gasteiger partial charge in [0, 0.05) is 31.3 Å². The normalized spacial score (nSPS) is 21.9. The summed E-state index contributed by atoms with van der Waals surface area (Å²) in [5, 5.41) is 3.54. The molecule has 23 heavy (non-hydrogen) atoms. The van der Waals surface area contributed by atoms with Crippen LogP contribution in [0.15, 0.2) is 47.0 Å². The van der Waals surface area contributed by atoms with Crippen LogP contribution in [0.25, 0.3) is 11.3 Å². The molecule has 0 aromatic heterocycles. The van der Waals surface area contributed by atoms with Gasteiger partial charge in [-0.15, -0.1) is 12.4 Å². The van der Waals surface area contributed by atoms with Gasteiger partial charge in [-0.3, -0.25) is 0 Å². The molecule has 2 aliphatic carbocycles. The topological polar surface area (TPSA) is 38.1 Å². The van der Waals surface area contributed by atoms with Gasteiger partial charge in [0.05, 0.1) is 0 Å². The van der Waals surface area contributed by atoms with Gasteiger partial charge in [0.25, 0.3) is 0 Å². The van der Waals surface area contributed by atoms with Gasteiger partial charge in [-0.25, -0.2) is 4.98 Å². The predicted octanol–water partition coefficient (Wildman–Crippen LogP) is 3.97. The van der Waals surface area contributed by atoms with Crippen molar-refractivity contribution in [2.75, 3.05) is 13.1 Å². The summed E-state index contributed by atoms with van der Waals surface area (Å²) in [6.07, 6.45) is 4.07. The molecule has 2 unspecified atom stereocenters. The summed E-state index contributed by atoms with van der Waals surface area (Å²) >= 11 is 0. The molecule has 2 heterocycles. The molecule has 0 spiro atoms. The number of benzene rings is 1. The Morgan fingerprint density at radius 1 is 1.13 bits per heavy atom. The number of nitrogens with zero attached hydrogens (tertiary/aromatic N) is 1. The zero-order valence-corrected chi connectivity index (χ0v) is 13.6. The summed E-state index contributed by atoms with van der Waals surface area (Å²) in [4.78, 5) is 4.58. The minimum Gasteiger partial charge on any atom is -0.442 e. The third-order valence-electron chi connectivity index (χ3n) is 5.12. The quantitative estimate of drug-likeness (QED) is 0.774. The lowest BCUT2D eigenvalue weighted by Gasteiger charge is -2.21. The predicted molar refractivity (Wildman–Crippen MR) is 92.6 cm³/mol. The van der Waals surface area contributed by atoms with E-state index in [4.69, 9.17) is 4.42 Å². The molecule has 4 heteroatoms. The van der Waals surface area contributed by atoms with E-state index in [0.29, 0.717) is 11.8 Å². The van der Waals surface area contributed by atoms with Crippen LogP contribution in [0, 0.1) is 0 Å². The van der Waals surface area contributed by atoms with Crippen LogP contribution in [0.5, 0.6) is 0 Å². The van der Waals surface area contributed by atoms with Gasteiger partial charge in [0.2, 0.25) is 0 Å². The lowest BCUT2D eigenvalue weighted by Crippen LogP contribution is -2.29. The summed E-state index contributed by atoms with van der Waals surface area (Å²) in [5.41, 5.74) is 5.45. The average molecular weight is 327 g/mol. The molecule has 3 nitrogen and oxygen atoms in total. The average Bonchev–Trinajstić information content (AvgIpc) is 3.04. The maximum Gasteiger partial charge on any atom is 0.199 e. The number of rotatable bonds is 2. The molecule has 1 saturated heterocycles. The molecule has 0 radical (unpaired) electrons. The minimum atomic E-state index is 0. The first-order chi connectivity index (χ1) is 10.9. The molecule has 1 aromatic rings. The Bertz CT molecular complexity index is 799. The first-order valence-electron chi connectivity index (χ1n) is 8.04. The van der Waals surface area contributed by atoms with E-state index in [9.17, 15) is 0 Å². The highest BCUT2D eigenvalue weighted by molar-refractivity contribution is 5.85. The van der Waals surface area contributed by atoms with Crippen LogP contribution in [0.1, 0.15) is 40.8 Å². The van der Waals surface area contributed by atoms with Crippen molar-refractivity contribution in [3.05, 3.63) is 65.2 Å². The monoisotopic (exact) mass is 326 g/mol. The summed E-state index contributed by atoms with van der Waals surface area (Å²) in [6.45, 7) is 2.19. The van der Waals surface area contributed by atoms with Crippen LogP contribution < -0.4 is 5.32 Å². The van der Waals surface area contributed by atoms with Crippen molar-refractivity contribution in [2.45, 2.75) is 24.7 Å². The fraction of sp³-hybridized carbons (Fsp3) is 0.316. The van der Waals surface area contributed by atoms with Gasteiger partial charge in [0.1, 0.15) is 5.76 Å².